The number of hydrogen-bond donors (Lipinski definition) is 1. The van der Waals surface area contributed by atoms with Crippen molar-refractivity contribution < 1.29 is 4.39 Å². The highest BCUT2D eigenvalue weighted by Gasteiger charge is 2.09. The highest BCUT2D eigenvalue weighted by molar-refractivity contribution is 5.27. The van der Waals surface area contributed by atoms with Gasteiger partial charge in [-0.15, -0.1) is 0 Å². The molecule has 1 aromatic rings. The molecule has 0 heterocycles. The number of halogens is 1. The predicted octanol–water partition coefficient (Wildman–Crippen LogP) is 3.84. The van der Waals surface area contributed by atoms with Crippen molar-refractivity contribution in [1.82, 2.24) is 5.32 Å². The van der Waals surface area contributed by atoms with E-state index < -0.39 is 0 Å². The average molecular weight is 237 g/mol. The molecule has 96 valence electrons. The van der Waals surface area contributed by atoms with Crippen LogP contribution in [0.15, 0.2) is 18.2 Å². The second-order valence-corrected chi connectivity index (χ2v) is 4.76. The maximum atomic E-state index is 13.2. The van der Waals surface area contributed by atoms with Crippen LogP contribution in [0, 0.1) is 12.7 Å². The first-order valence-corrected chi connectivity index (χ1v) is 6.59. The van der Waals surface area contributed by atoms with Gasteiger partial charge in [0.2, 0.25) is 0 Å². The lowest BCUT2D eigenvalue weighted by Crippen LogP contribution is -2.27. The maximum Gasteiger partial charge on any atom is 0.123 e. The van der Waals surface area contributed by atoms with Gasteiger partial charge in [-0.25, -0.2) is 4.39 Å². The lowest BCUT2D eigenvalue weighted by Gasteiger charge is -2.17. The SMILES string of the molecule is CCCCCC(Cc1cc(F)ccc1C)NC. The molecule has 0 amide bonds. The van der Waals surface area contributed by atoms with Gasteiger partial charge >= 0.3 is 0 Å². The van der Waals surface area contributed by atoms with Crippen molar-refractivity contribution in [2.75, 3.05) is 7.05 Å². The van der Waals surface area contributed by atoms with Crippen LogP contribution in [0.25, 0.3) is 0 Å². The van der Waals surface area contributed by atoms with Gasteiger partial charge in [0.15, 0.2) is 0 Å². The van der Waals surface area contributed by atoms with Crippen molar-refractivity contribution in [3.8, 4) is 0 Å². The van der Waals surface area contributed by atoms with Crippen LogP contribution in [-0.4, -0.2) is 13.1 Å². The Kier molecular flexibility index (Phi) is 6.20. The molecule has 0 aromatic heterocycles. The molecule has 0 aliphatic carbocycles. The zero-order valence-electron chi connectivity index (χ0n) is 11.2. The van der Waals surface area contributed by atoms with E-state index >= 15 is 0 Å². The number of aryl methyl sites for hydroxylation is 1. The summed E-state index contributed by atoms with van der Waals surface area (Å²) in [6, 6.07) is 5.52. The van der Waals surface area contributed by atoms with Gasteiger partial charge in [-0.1, -0.05) is 32.3 Å². The van der Waals surface area contributed by atoms with E-state index in [4.69, 9.17) is 0 Å². The van der Waals surface area contributed by atoms with E-state index in [1.54, 1.807) is 6.07 Å². The van der Waals surface area contributed by atoms with Gasteiger partial charge in [0.05, 0.1) is 0 Å². The van der Waals surface area contributed by atoms with Gasteiger partial charge in [0.1, 0.15) is 5.82 Å². The molecule has 0 fully saturated rings. The van der Waals surface area contributed by atoms with Crippen molar-refractivity contribution in [3.05, 3.63) is 35.1 Å². The van der Waals surface area contributed by atoms with E-state index in [1.807, 2.05) is 20.0 Å². The minimum Gasteiger partial charge on any atom is -0.317 e. The van der Waals surface area contributed by atoms with Crippen LogP contribution >= 0.6 is 0 Å². The molecule has 2 heteroatoms. The summed E-state index contributed by atoms with van der Waals surface area (Å²) in [5.74, 6) is -0.131. The third kappa shape index (κ3) is 4.86. The summed E-state index contributed by atoms with van der Waals surface area (Å²) in [7, 11) is 1.99. The van der Waals surface area contributed by atoms with Crippen molar-refractivity contribution in [3.63, 3.8) is 0 Å². The van der Waals surface area contributed by atoms with Crippen LogP contribution in [0.5, 0.6) is 0 Å². The zero-order valence-corrected chi connectivity index (χ0v) is 11.2. The minimum absolute atomic E-state index is 0.131. The van der Waals surface area contributed by atoms with Crippen molar-refractivity contribution in [2.45, 2.75) is 52.0 Å². The van der Waals surface area contributed by atoms with Gasteiger partial charge in [-0.05, 0) is 50.1 Å². The fraction of sp³-hybridized carbons (Fsp3) is 0.600. The lowest BCUT2D eigenvalue weighted by molar-refractivity contribution is 0.488. The first-order valence-electron chi connectivity index (χ1n) is 6.59. The molecule has 1 N–H and O–H groups in total. The quantitative estimate of drug-likeness (QED) is 0.710. The van der Waals surface area contributed by atoms with Gasteiger partial charge in [0, 0.05) is 6.04 Å². The second-order valence-electron chi connectivity index (χ2n) is 4.76. The molecule has 1 atom stereocenters. The Morgan fingerprint density at radius 1 is 1.29 bits per heavy atom. The Morgan fingerprint density at radius 2 is 2.06 bits per heavy atom. The molecule has 0 bridgehead atoms. The number of unbranched alkanes of at least 4 members (excludes halogenated alkanes) is 2. The molecule has 0 spiro atoms. The molecular weight excluding hydrogens is 213 g/mol. The summed E-state index contributed by atoms with van der Waals surface area (Å²) < 4.78 is 13.2. The highest BCUT2D eigenvalue weighted by atomic mass is 19.1. The molecule has 0 saturated heterocycles. The molecule has 0 aliphatic heterocycles. The monoisotopic (exact) mass is 237 g/mol. The second kappa shape index (κ2) is 7.44. The van der Waals surface area contributed by atoms with Crippen molar-refractivity contribution >= 4 is 0 Å². The van der Waals surface area contributed by atoms with Crippen LogP contribution in [0.2, 0.25) is 0 Å². The molecular formula is C15H24FN. The Balaban J connectivity index is 2.57. The summed E-state index contributed by atoms with van der Waals surface area (Å²) in [6.07, 6.45) is 5.86. The van der Waals surface area contributed by atoms with E-state index in [1.165, 1.54) is 37.3 Å². The van der Waals surface area contributed by atoms with Crippen LogP contribution in [0.4, 0.5) is 4.39 Å². The number of benzene rings is 1. The van der Waals surface area contributed by atoms with Crippen LogP contribution < -0.4 is 5.32 Å². The van der Waals surface area contributed by atoms with Crippen LogP contribution in [0.3, 0.4) is 0 Å². The lowest BCUT2D eigenvalue weighted by atomic mass is 9.97. The maximum absolute atomic E-state index is 13.2. The Labute approximate surface area is 104 Å². The Bertz CT molecular complexity index is 336. The number of nitrogens with one attached hydrogen (secondary N) is 1. The molecule has 0 radical (unpaired) electrons. The third-order valence-electron chi connectivity index (χ3n) is 3.34. The van der Waals surface area contributed by atoms with Crippen molar-refractivity contribution in [2.24, 2.45) is 0 Å². The first kappa shape index (κ1) is 14.2. The van der Waals surface area contributed by atoms with Gasteiger partial charge in [0.25, 0.3) is 0 Å². The topological polar surface area (TPSA) is 12.0 Å². The van der Waals surface area contributed by atoms with Gasteiger partial charge in [-0.2, -0.15) is 0 Å². The van der Waals surface area contributed by atoms with Gasteiger partial charge in [-0.3, -0.25) is 0 Å². The smallest absolute Gasteiger partial charge is 0.123 e. The molecule has 0 saturated carbocycles. The summed E-state index contributed by atoms with van der Waals surface area (Å²) in [5, 5.41) is 3.33. The van der Waals surface area contributed by atoms with Crippen molar-refractivity contribution in [1.29, 1.82) is 0 Å². The molecule has 1 rings (SSSR count). The van der Waals surface area contributed by atoms with E-state index in [2.05, 4.69) is 12.2 Å². The molecule has 0 aliphatic rings. The Morgan fingerprint density at radius 3 is 2.71 bits per heavy atom. The third-order valence-corrected chi connectivity index (χ3v) is 3.34. The molecule has 17 heavy (non-hydrogen) atoms. The molecule has 1 aromatic carbocycles. The highest BCUT2D eigenvalue weighted by Crippen LogP contribution is 2.15. The minimum atomic E-state index is -0.131. The average Bonchev–Trinajstić information content (AvgIpc) is 2.32. The van der Waals surface area contributed by atoms with E-state index in [0.717, 1.165) is 12.0 Å². The standard InChI is InChI=1S/C15H24FN/c1-4-5-6-7-15(17-3)11-13-10-14(16)9-8-12(13)2/h8-10,15,17H,4-7,11H2,1-3H3. The summed E-state index contributed by atoms with van der Waals surface area (Å²) in [5.41, 5.74) is 2.31. The van der Waals surface area contributed by atoms with E-state index in [0.29, 0.717) is 6.04 Å². The summed E-state index contributed by atoms with van der Waals surface area (Å²) in [6.45, 7) is 4.26. The fourth-order valence-electron chi connectivity index (χ4n) is 2.11. The largest absolute Gasteiger partial charge is 0.317 e. The number of hydrogen-bond acceptors (Lipinski definition) is 1. The first-order chi connectivity index (χ1) is 8.17. The summed E-state index contributed by atoms with van der Waals surface area (Å²) >= 11 is 0. The number of rotatable bonds is 7. The van der Waals surface area contributed by atoms with E-state index in [-0.39, 0.29) is 5.82 Å². The number of likely N-dealkylation sites (N-methyl/N-ethyl adjacent to an activating group) is 1. The zero-order chi connectivity index (χ0) is 12.7. The van der Waals surface area contributed by atoms with Crippen LogP contribution in [0.1, 0.15) is 43.7 Å². The molecule has 1 nitrogen and oxygen atoms in total. The van der Waals surface area contributed by atoms with Gasteiger partial charge < -0.3 is 5.32 Å². The van der Waals surface area contributed by atoms with E-state index in [9.17, 15) is 4.39 Å². The fourth-order valence-corrected chi connectivity index (χ4v) is 2.11. The molecule has 1 unspecified atom stereocenters. The normalized spacial score (nSPS) is 12.7. The summed E-state index contributed by atoms with van der Waals surface area (Å²) in [4.78, 5) is 0. The predicted molar refractivity (Wildman–Crippen MR) is 71.8 cm³/mol. The Hall–Kier alpha value is -0.890. The van der Waals surface area contributed by atoms with Crippen LogP contribution in [-0.2, 0) is 6.42 Å².